The Morgan fingerprint density at radius 3 is 2.38 bits per heavy atom. The van der Waals surface area contributed by atoms with Gasteiger partial charge < -0.3 is 14.5 Å². The Hall–Kier alpha value is -2.75. The van der Waals surface area contributed by atoms with Gasteiger partial charge in [0.15, 0.2) is 0 Å². The molecule has 3 aromatic rings. The molecule has 0 saturated heterocycles. The average molecular weight is 280 g/mol. The van der Waals surface area contributed by atoms with Crippen LogP contribution in [0.15, 0.2) is 59.2 Å². The van der Waals surface area contributed by atoms with Crippen molar-refractivity contribution in [2.75, 3.05) is 12.4 Å². The van der Waals surface area contributed by atoms with Gasteiger partial charge in [-0.3, -0.25) is 0 Å². The molecule has 1 aromatic heterocycles. The molecule has 4 heteroatoms. The molecule has 0 fully saturated rings. The zero-order valence-electron chi connectivity index (χ0n) is 12.0. The summed E-state index contributed by atoms with van der Waals surface area (Å²) in [5, 5.41) is 3.14. The lowest BCUT2D eigenvalue weighted by Crippen LogP contribution is -1.90. The van der Waals surface area contributed by atoms with Gasteiger partial charge in [0, 0.05) is 11.3 Å². The van der Waals surface area contributed by atoms with Crippen molar-refractivity contribution in [1.82, 2.24) is 4.98 Å². The highest BCUT2D eigenvalue weighted by Gasteiger charge is 2.06. The van der Waals surface area contributed by atoms with E-state index < -0.39 is 0 Å². The first-order valence-corrected chi connectivity index (χ1v) is 6.68. The molecule has 0 unspecified atom stereocenters. The molecule has 3 rings (SSSR count). The topological polar surface area (TPSA) is 47.3 Å². The van der Waals surface area contributed by atoms with Gasteiger partial charge >= 0.3 is 0 Å². The van der Waals surface area contributed by atoms with Gasteiger partial charge in [-0.15, -0.1) is 0 Å². The molecular formula is C17H16N2O2. The molecule has 0 bridgehead atoms. The molecule has 0 spiro atoms. The van der Waals surface area contributed by atoms with E-state index in [1.165, 1.54) is 5.56 Å². The summed E-state index contributed by atoms with van der Waals surface area (Å²) >= 11 is 0. The summed E-state index contributed by atoms with van der Waals surface area (Å²) < 4.78 is 10.6. The molecule has 1 heterocycles. The van der Waals surface area contributed by atoms with Crippen LogP contribution in [0.3, 0.4) is 0 Å². The number of ether oxygens (including phenoxy) is 1. The summed E-state index contributed by atoms with van der Waals surface area (Å²) in [5.41, 5.74) is 3.93. The highest BCUT2D eigenvalue weighted by Crippen LogP contribution is 2.24. The fraction of sp³-hybridized carbons (Fsp3) is 0.118. The van der Waals surface area contributed by atoms with Crippen molar-refractivity contribution in [2.45, 2.75) is 6.92 Å². The quantitative estimate of drug-likeness (QED) is 0.769. The van der Waals surface area contributed by atoms with Crippen molar-refractivity contribution in [3.63, 3.8) is 0 Å². The number of aromatic nitrogens is 1. The largest absolute Gasteiger partial charge is 0.497 e. The van der Waals surface area contributed by atoms with Crippen LogP contribution in [0.4, 0.5) is 11.7 Å². The lowest BCUT2D eigenvalue weighted by atomic mass is 10.2. The third-order valence-electron chi connectivity index (χ3n) is 3.19. The summed E-state index contributed by atoms with van der Waals surface area (Å²) in [6, 6.07) is 16.2. The second-order valence-corrected chi connectivity index (χ2v) is 4.76. The van der Waals surface area contributed by atoms with E-state index in [0.29, 0.717) is 6.01 Å². The van der Waals surface area contributed by atoms with E-state index in [-0.39, 0.29) is 0 Å². The molecule has 0 atom stereocenters. The van der Waals surface area contributed by atoms with Crippen LogP contribution in [0.2, 0.25) is 0 Å². The number of anilines is 2. The van der Waals surface area contributed by atoms with Crippen LogP contribution in [0.5, 0.6) is 5.75 Å². The standard InChI is InChI=1S/C17H16N2O2/c1-12-3-7-14(8-4-12)18-17-19-16(11-21-17)13-5-9-15(20-2)10-6-13/h3-11H,1-2H3,(H,18,19). The summed E-state index contributed by atoms with van der Waals surface area (Å²) in [6.45, 7) is 2.05. The molecule has 106 valence electrons. The molecule has 0 saturated carbocycles. The van der Waals surface area contributed by atoms with Gasteiger partial charge in [-0.05, 0) is 43.3 Å². The fourth-order valence-corrected chi connectivity index (χ4v) is 1.99. The number of hydrogen-bond acceptors (Lipinski definition) is 4. The summed E-state index contributed by atoms with van der Waals surface area (Å²) in [5.74, 6) is 0.820. The van der Waals surface area contributed by atoms with E-state index in [1.807, 2.05) is 48.5 Å². The van der Waals surface area contributed by atoms with Crippen LogP contribution >= 0.6 is 0 Å². The Morgan fingerprint density at radius 2 is 1.71 bits per heavy atom. The van der Waals surface area contributed by atoms with Crippen LogP contribution in [0, 0.1) is 6.92 Å². The predicted octanol–water partition coefficient (Wildman–Crippen LogP) is 4.40. The first-order chi connectivity index (χ1) is 10.2. The number of methoxy groups -OCH3 is 1. The third kappa shape index (κ3) is 3.05. The van der Waals surface area contributed by atoms with E-state index in [2.05, 4.69) is 17.2 Å². The van der Waals surface area contributed by atoms with Crippen molar-refractivity contribution in [3.8, 4) is 17.0 Å². The van der Waals surface area contributed by atoms with Gasteiger partial charge in [-0.25, -0.2) is 0 Å². The van der Waals surface area contributed by atoms with E-state index in [1.54, 1.807) is 13.4 Å². The van der Waals surface area contributed by atoms with Crippen molar-refractivity contribution in [1.29, 1.82) is 0 Å². The number of aryl methyl sites for hydroxylation is 1. The third-order valence-corrected chi connectivity index (χ3v) is 3.19. The highest BCUT2D eigenvalue weighted by molar-refractivity contribution is 5.62. The second-order valence-electron chi connectivity index (χ2n) is 4.76. The zero-order valence-corrected chi connectivity index (χ0v) is 12.0. The zero-order chi connectivity index (χ0) is 14.7. The average Bonchev–Trinajstić information content (AvgIpc) is 2.98. The van der Waals surface area contributed by atoms with E-state index in [9.17, 15) is 0 Å². The minimum absolute atomic E-state index is 0.477. The molecule has 0 aliphatic heterocycles. The normalized spacial score (nSPS) is 10.4. The van der Waals surface area contributed by atoms with Crippen molar-refractivity contribution in [2.24, 2.45) is 0 Å². The number of benzene rings is 2. The first kappa shape index (κ1) is 13.2. The summed E-state index contributed by atoms with van der Waals surface area (Å²) in [4.78, 5) is 4.44. The van der Waals surface area contributed by atoms with E-state index in [4.69, 9.17) is 9.15 Å². The summed E-state index contributed by atoms with van der Waals surface area (Å²) in [6.07, 6.45) is 1.64. The van der Waals surface area contributed by atoms with Crippen LogP contribution in [-0.2, 0) is 0 Å². The van der Waals surface area contributed by atoms with E-state index in [0.717, 1.165) is 22.7 Å². The Labute approximate surface area is 123 Å². The molecule has 0 radical (unpaired) electrons. The monoisotopic (exact) mass is 280 g/mol. The maximum Gasteiger partial charge on any atom is 0.299 e. The molecular weight excluding hydrogens is 264 g/mol. The number of nitrogens with zero attached hydrogens (tertiary/aromatic N) is 1. The van der Waals surface area contributed by atoms with Gasteiger partial charge in [-0.2, -0.15) is 4.98 Å². The Bertz CT molecular complexity index is 715. The van der Waals surface area contributed by atoms with Crippen molar-refractivity contribution in [3.05, 3.63) is 60.4 Å². The molecule has 0 amide bonds. The van der Waals surface area contributed by atoms with Crippen molar-refractivity contribution < 1.29 is 9.15 Å². The van der Waals surface area contributed by atoms with Crippen molar-refractivity contribution >= 4 is 11.7 Å². The number of hydrogen-bond donors (Lipinski definition) is 1. The van der Waals surface area contributed by atoms with Crippen LogP contribution < -0.4 is 10.1 Å². The predicted molar refractivity (Wildman–Crippen MR) is 83.0 cm³/mol. The molecule has 0 aliphatic rings. The molecule has 0 aliphatic carbocycles. The lowest BCUT2D eigenvalue weighted by Gasteiger charge is -2.01. The first-order valence-electron chi connectivity index (χ1n) is 6.68. The van der Waals surface area contributed by atoms with Crippen LogP contribution in [0.25, 0.3) is 11.3 Å². The van der Waals surface area contributed by atoms with Gasteiger partial charge in [0.25, 0.3) is 6.01 Å². The fourth-order valence-electron chi connectivity index (χ4n) is 1.99. The highest BCUT2D eigenvalue weighted by atomic mass is 16.5. The summed E-state index contributed by atoms with van der Waals surface area (Å²) in [7, 11) is 1.65. The Balaban J connectivity index is 1.77. The molecule has 21 heavy (non-hydrogen) atoms. The maximum atomic E-state index is 5.46. The van der Waals surface area contributed by atoms with Gasteiger partial charge in [0.1, 0.15) is 17.7 Å². The van der Waals surface area contributed by atoms with Crippen LogP contribution in [-0.4, -0.2) is 12.1 Å². The van der Waals surface area contributed by atoms with Crippen LogP contribution in [0.1, 0.15) is 5.56 Å². The maximum absolute atomic E-state index is 5.46. The minimum Gasteiger partial charge on any atom is -0.497 e. The molecule has 2 aromatic carbocycles. The Morgan fingerprint density at radius 1 is 1.00 bits per heavy atom. The lowest BCUT2D eigenvalue weighted by molar-refractivity contribution is 0.415. The number of rotatable bonds is 4. The Kier molecular flexibility index (Phi) is 3.60. The van der Waals surface area contributed by atoms with Gasteiger partial charge in [0.05, 0.1) is 7.11 Å². The van der Waals surface area contributed by atoms with E-state index >= 15 is 0 Å². The smallest absolute Gasteiger partial charge is 0.299 e. The second kappa shape index (κ2) is 5.71. The minimum atomic E-state index is 0.477. The molecule has 1 N–H and O–H groups in total. The SMILES string of the molecule is COc1ccc(-c2coc(Nc3ccc(C)cc3)n2)cc1. The van der Waals surface area contributed by atoms with Gasteiger partial charge in [0.2, 0.25) is 0 Å². The van der Waals surface area contributed by atoms with Gasteiger partial charge in [-0.1, -0.05) is 17.7 Å². The number of oxazole rings is 1. The molecule has 4 nitrogen and oxygen atoms in total. The number of nitrogens with one attached hydrogen (secondary N) is 1.